The number of nitrogens with zero attached hydrogens (tertiary/aromatic N) is 3. The van der Waals surface area contributed by atoms with Gasteiger partial charge in [0.2, 0.25) is 5.89 Å². The van der Waals surface area contributed by atoms with Crippen LogP contribution in [0.15, 0.2) is 28.8 Å². The second-order valence-corrected chi connectivity index (χ2v) is 7.48. The third kappa shape index (κ3) is 3.52. The smallest absolute Gasteiger partial charge is 0.243 e. The number of hydrogen-bond donors (Lipinski definition) is 0. The van der Waals surface area contributed by atoms with Crippen LogP contribution in [-0.4, -0.2) is 33.9 Å². The first-order valence-electron chi connectivity index (χ1n) is 9.30. The van der Waals surface area contributed by atoms with E-state index >= 15 is 0 Å². The van der Waals surface area contributed by atoms with E-state index in [1.165, 1.54) is 18.4 Å². The van der Waals surface area contributed by atoms with E-state index in [0.29, 0.717) is 11.8 Å². The molecule has 5 nitrogen and oxygen atoms in total. The van der Waals surface area contributed by atoms with E-state index in [9.17, 15) is 4.79 Å². The van der Waals surface area contributed by atoms with Crippen LogP contribution in [0.3, 0.4) is 0 Å². The molecule has 1 saturated heterocycles. The summed E-state index contributed by atoms with van der Waals surface area (Å²) in [4.78, 5) is 19.6. The fraction of sp³-hybridized carbons (Fsp3) is 0.550. The fourth-order valence-electron chi connectivity index (χ4n) is 3.58. The molecule has 1 aliphatic carbocycles. The van der Waals surface area contributed by atoms with E-state index in [0.717, 1.165) is 37.3 Å². The van der Waals surface area contributed by atoms with E-state index in [2.05, 4.69) is 22.0 Å². The summed E-state index contributed by atoms with van der Waals surface area (Å²) < 4.78 is 5.47. The SMILES string of the molecule is Cc1ccc(C(=O)C2CCN([C@H](C)c3nc(C4CC4)no3)CC2)cc1. The third-order valence-electron chi connectivity index (χ3n) is 5.54. The van der Waals surface area contributed by atoms with Crippen LogP contribution in [0.4, 0.5) is 0 Å². The van der Waals surface area contributed by atoms with Crippen LogP contribution in [0.25, 0.3) is 0 Å². The molecule has 4 rings (SSSR count). The van der Waals surface area contributed by atoms with Gasteiger partial charge in [-0.3, -0.25) is 9.69 Å². The van der Waals surface area contributed by atoms with Gasteiger partial charge in [-0.1, -0.05) is 35.0 Å². The van der Waals surface area contributed by atoms with Crippen LogP contribution in [0.5, 0.6) is 0 Å². The van der Waals surface area contributed by atoms with Crippen LogP contribution >= 0.6 is 0 Å². The minimum absolute atomic E-state index is 0.121. The van der Waals surface area contributed by atoms with Crippen molar-refractivity contribution in [1.29, 1.82) is 0 Å². The molecule has 0 amide bonds. The summed E-state index contributed by atoms with van der Waals surface area (Å²) >= 11 is 0. The molecule has 0 N–H and O–H groups in total. The number of aromatic nitrogens is 2. The second kappa shape index (κ2) is 6.71. The molecule has 1 aliphatic heterocycles. The van der Waals surface area contributed by atoms with Gasteiger partial charge in [0.05, 0.1) is 6.04 Å². The summed E-state index contributed by atoms with van der Waals surface area (Å²) in [6, 6.07) is 8.04. The number of ketones is 1. The molecule has 1 atom stereocenters. The topological polar surface area (TPSA) is 59.2 Å². The standard InChI is InChI=1S/C20H25N3O2/c1-13-3-5-15(6-4-13)18(24)16-9-11-23(12-10-16)14(2)20-21-19(22-25-20)17-7-8-17/h3-6,14,16-17H,7-12H2,1-2H3/t14-/m1/s1. The lowest BCUT2D eigenvalue weighted by atomic mass is 9.88. The Balaban J connectivity index is 1.35. The number of piperidine rings is 1. The highest BCUT2D eigenvalue weighted by molar-refractivity contribution is 5.97. The van der Waals surface area contributed by atoms with E-state index in [-0.39, 0.29) is 17.7 Å². The molecule has 0 radical (unpaired) electrons. The van der Waals surface area contributed by atoms with Gasteiger partial charge in [0, 0.05) is 17.4 Å². The zero-order chi connectivity index (χ0) is 17.4. The van der Waals surface area contributed by atoms with Crippen molar-refractivity contribution >= 4 is 5.78 Å². The Kier molecular flexibility index (Phi) is 4.42. The molecule has 25 heavy (non-hydrogen) atoms. The molecule has 2 fully saturated rings. The number of benzene rings is 1. The molecule has 0 unspecified atom stereocenters. The Labute approximate surface area is 148 Å². The maximum atomic E-state index is 12.7. The molecule has 2 heterocycles. The van der Waals surface area contributed by atoms with Gasteiger partial charge < -0.3 is 4.52 Å². The average Bonchev–Trinajstić information content (AvgIpc) is 3.38. The Bertz CT molecular complexity index is 741. The first-order valence-corrected chi connectivity index (χ1v) is 9.30. The monoisotopic (exact) mass is 339 g/mol. The molecule has 0 bridgehead atoms. The summed E-state index contributed by atoms with van der Waals surface area (Å²) in [5.74, 6) is 2.50. The van der Waals surface area contributed by atoms with Crippen LogP contribution in [0.2, 0.25) is 0 Å². The van der Waals surface area contributed by atoms with Gasteiger partial charge in [0.15, 0.2) is 11.6 Å². The minimum Gasteiger partial charge on any atom is -0.338 e. The Morgan fingerprint density at radius 3 is 2.48 bits per heavy atom. The lowest BCUT2D eigenvalue weighted by molar-refractivity contribution is 0.0774. The first kappa shape index (κ1) is 16.5. The number of carbonyl (C=O) groups is 1. The van der Waals surface area contributed by atoms with Gasteiger partial charge in [-0.15, -0.1) is 0 Å². The summed E-state index contributed by atoms with van der Waals surface area (Å²) in [7, 11) is 0. The molecule has 0 spiro atoms. The number of hydrogen-bond acceptors (Lipinski definition) is 5. The van der Waals surface area contributed by atoms with Crippen molar-refractivity contribution in [2.45, 2.75) is 51.5 Å². The maximum absolute atomic E-state index is 12.7. The van der Waals surface area contributed by atoms with Crippen LogP contribution in [0, 0.1) is 12.8 Å². The Hall–Kier alpha value is -2.01. The van der Waals surface area contributed by atoms with Crippen LogP contribution < -0.4 is 0 Å². The fourth-order valence-corrected chi connectivity index (χ4v) is 3.58. The van der Waals surface area contributed by atoms with Gasteiger partial charge in [0.1, 0.15) is 0 Å². The van der Waals surface area contributed by atoms with E-state index in [1.54, 1.807) is 0 Å². The van der Waals surface area contributed by atoms with Gasteiger partial charge in [-0.05, 0) is 52.6 Å². The summed E-state index contributed by atoms with van der Waals surface area (Å²) in [5.41, 5.74) is 2.02. The number of Topliss-reactive ketones (excluding diaryl/α,β-unsaturated/α-hetero) is 1. The normalized spacial score (nSPS) is 20.6. The van der Waals surface area contributed by atoms with Crippen LogP contribution in [-0.2, 0) is 0 Å². The number of aryl methyl sites for hydroxylation is 1. The number of carbonyl (C=O) groups excluding carboxylic acids is 1. The molecule has 1 aromatic carbocycles. The average molecular weight is 339 g/mol. The summed E-state index contributed by atoms with van der Waals surface area (Å²) in [5, 5.41) is 4.12. The van der Waals surface area contributed by atoms with E-state index < -0.39 is 0 Å². The van der Waals surface area contributed by atoms with Gasteiger partial charge in [-0.25, -0.2) is 0 Å². The molecule has 1 aromatic heterocycles. The second-order valence-electron chi connectivity index (χ2n) is 7.48. The Morgan fingerprint density at radius 2 is 1.84 bits per heavy atom. The van der Waals surface area contributed by atoms with Crippen LogP contribution in [0.1, 0.15) is 72.2 Å². The van der Waals surface area contributed by atoms with Gasteiger partial charge >= 0.3 is 0 Å². The highest BCUT2D eigenvalue weighted by atomic mass is 16.5. The molecule has 2 aromatic rings. The zero-order valence-corrected chi connectivity index (χ0v) is 14.9. The van der Waals surface area contributed by atoms with Crippen molar-refractivity contribution in [3.8, 4) is 0 Å². The van der Waals surface area contributed by atoms with Crippen molar-refractivity contribution in [3.05, 3.63) is 47.1 Å². The molecule has 5 heteroatoms. The van der Waals surface area contributed by atoms with Crippen molar-refractivity contribution in [2.75, 3.05) is 13.1 Å². The Morgan fingerprint density at radius 1 is 1.16 bits per heavy atom. The quantitative estimate of drug-likeness (QED) is 0.773. The maximum Gasteiger partial charge on any atom is 0.243 e. The molecular weight excluding hydrogens is 314 g/mol. The summed E-state index contributed by atoms with van der Waals surface area (Å²) in [6.07, 6.45) is 4.14. The minimum atomic E-state index is 0.121. The van der Waals surface area contributed by atoms with Crippen molar-refractivity contribution in [2.24, 2.45) is 5.92 Å². The van der Waals surface area contributed by atoms with E-state index in [4.69, 9.17) is 4.52 Å². The molecule has 1 saturated carbocycles. The number of rotatable bonds is 5. The molecule has 2 aliphatic rings. The highest BCUT2D eigenvalue weighted by Gasteiger charge is 2.33. The van der Waals surface area contributed by atoms with Crippen molar-refractivity contribution in [1.82, 2.24) is 15.0 Å². The highest BCUT2D eigenvalue weighted by Crippen LogP contribution is 2.39. The predicted octanol–water partition coefficient (Wildman–Crippen LogP) is 3.91. The lowest BCUT2D eigenvalue weighted by Gasteiger charge is -2.33. The largest absolute Gasteiger partial charge is 0.338 e. The zero-order valence-electron chi connectivity index (χ0n) is 14.9. The van der Waals surface area contributed by atoms with E-state index in [1.807, 2.05) is 31.2 Å². The van der Waals surface area contributed by atoms with Crippen molar-refractivity contribution in [3.63, 3.8) is 0 Å². The van der Waals surface area contributed by atoms with Crippen molar-refractivity contribution < 1.29 is 9.32 Å². The van der Waals surface area contributed by atoms with Gasteiger partial charge in [-0.2, -0.15) is 4.98 Å². The molecule has 132 valence electrons. The third-order valence-corrected chi connectivity index (χ3v) is 5.54. The first-order chi connectivity index (χ1) is 12.1. The summed E-state index contributed by atoms with van der Waals surface area (Å²) in [6.45, 7) is 5.95. The van der Waals surface area contributed by atoms with Gasteiger partial charge in [0.25, 0.3) is 0 Å². The predicted molar refractivity (Wildman–Crippen MR) is 94.5 cm³/mol. The lowest BCUT2D eigenvalue weighted by Crippen LogP contribution is -2.38. The molecular formula is C20H25N3O2. The number of likely N-dealkylation sites (tertiary alicyclic amines) is 1.